The fraction of sp³-hybridized carbons (Fsp3) is 0.235. The molecule has 0 aromatic heterocycles. The second kappa shape index (κ2) is 5.90. The number of benzene rings is 2. The largest absolute Gasteiger partial charge is 0.372 e. The van der Waals surface area contributed by atoms with E-state index >= 15 is 0 Å². The van der Waals surface area contributed by atoms with Crippen molar-refractivity contribution >= 4 is 21.7 Å². The van der Waals surface area contributed by atoms with E-state index < -0.39 is 0 Å². The zero-order chi connectivity index (χ0) is 13.9. The van der Waals surface area contributed by atoms with Gasteiger partial charge in [0.2, 0.25) is 0 Å². The molecule has 2 nitrogen and oxygen atoms in total. The molecule has 1 heterocycles. The summed E-state index contributed by atoms with van der Waals surface area (Å²) in [5.41, 5.74) is 2.08. The molecule has 20 heavy (non-hydrogen) atoms. The Labute approximate surface area is 126 Å². The van der Waals surface area contributed by atoms with Gasteiger partial charge in [0.15, 0.2) is 0 Å². The second-order valence-electron chi connectivity index (χ2n) is 4.95. The van der Waals surface area contributed by atoms with Crippen LogP contribution >= 0.6 is 15.9 Å². The van der Waals surface area contributed by atoms with Crippen LogP contribution in [0, 0.1) is 0 Å². The Morgan fingerprint density at radius 1 is 0.950 bits per heavy atom. The first-order valence-corrected chi connectivity index (χ1v) is 7.50. The predicted octanol–water partition coefficient (Wildman–Crippen LogP) is 4.26. The van der Waals surface area contributed by atoms with Crippen molar-refractivity contribution in [2.45, 2.75) is 18.4 Å². The predicted molar refractivity (Wildman–Crippen MR) is 81.6 cm³/mol. The number of ether oxygens (including phenoxy) is 1. The highest BCUT2D eigenvalue weighted by Gasteiger charge is 2.34. The molecule has 1 fully saturated rings. The summed E-state index contributed by atoms with van der Waals surface area (Å²) in [4.78, 5) is 12.4. The first kappa shape index (κ1) is 13.5. The molecular formula is C17H15BrO2. The molecule has 0 radical (unpaired) electrons. The van der Waals surface area contributed by atoms with Gasteiger partial charge in [-0.3, -0.25) is 4.79 Å². The van der Waals surface area contributed by atoms with Crippen LogP contribution in [0.25, 0.3) is 0 Å². The standard InChI is InChI=1S/C17H15BrO2/c18-14-8-6-12(7-9-14)16-15(19)10-11-20-17(16)13-4-2-1-3-5-13/h1-9,16-17H,10-11H2/t16-,17+/m0/s1. The van der Waals surface area contributed by atoms with Crippen LogP contribution in [0.1, 0.15) is 29.6 Å². The maximum Gasteiger partial charge on any atom is 0.145 e. The van der Waals surface area contributed by atoms with Crippen molar-refractivity contribution in [3.8, 4) is 0 Å². The zero-order valence-corrected chi connectivity index (χ0v) is 12.5. The number of carbonyl (C=O) groups excluding carboxylic acids is 1. The maximum absolute atomic E-state index is 12.4. The van der Waals surface area contributed by atoms with Crippen molar-refractivity contribution < 1.29 is 9.53 Å². The Kier molecular flexibility index (Phi) is 3.99. The normalized spacial score (nSPS) is 22.8. The van der Waals surface area contributed by atoms with E-state index in [0.29, 0.717) is 13.0 Å². The first-order chi connectivity index (χ1) is 9.75. The summed E-state index contributed by atoms with van der Waals surface area (Å²) in [5, 5.41) is 0. The van der Waals surface area contributed by atoms with E-state index in [4.69, 9.17) is 4.74 Å². The molecule has 1 aliphatic rings. The highest BCUT2D eigenvalue weighted by molar-refractivity contribution is 9.10. The van der Waals surface area contributed by atoms with Crippen LogP contribution < -0.4 is 0 Å². The molecule has 0 unspecified atom stereocenters. The number of ketones is 1. The van der Waals surface area contributed by atoms with Crippen LogP contribution in [0.4, 0.5) is 0 Å². The van der Waals surface area contributed by atoms with E-state index in [1.807, 2.05) is 54.6 Å². The maximum atomic E-state index is 12.4. The molecule has 0 bridgehead atoms. The Morgan fingerprint density at radius 3 is 2.35 bits per heavy atom. The van der Waals surface area contributed by atoms with Gasteiger partial charge in [0.1, 0.15) is 5.78 Å². The van der Waals surface area contributed by atoms with Gasteiger partial charge in [-0.05, 0) is 23.3 Å². The summed E-state index contributed by atoms with van der Waals surface area (Å²) in [6.45, 7) is 0.505. The molecule has 0 saturated carbocycles. The molecule has 0 aliphatic carbocycles. The average Bonchev–Trinajstić information content (AvgIpc) is 2.49. The Bertz CT molecular complexity index is 592. The minimum atomic E-state index is -0.209. The van der Waals surface area contributed by atoms with Crippen molar-refractivity contribution in [1.82, 2.24) is 0 Å². The molecule has 2 atom stereocenters. The third-order valence-corrected chi connectivity index (χ3v) is 4.18. The SMILES string of the molecule is O=C1CCO[C@H](c2ccccc2)[C@H]1c1ccc(Br)cc1. The minimum absolute atomic E-state index is 0.182. The van der Waals surface area contributed by atoms with Crippen LogP contribution in [-0.2, 0) is 9.53 Å². The lowest BCUT2D eigenvalue weighted by atomic mass is 9.83. The highest BCUT2D eigenvalue weighted by Crippen LogP contribution is 2.38. The molecule has 1 saturated heterocycles. The zero-order valence-electron chi connectivity index (χ0n) is 11.0. The lowest BCUT2D eigenvalue weighted by Gasteiger charge is -2.31. The summed E-state index contributed by atoms with van der Waals surface area (Å²) < 4.78 is 6.91. The topological polar surface area (TPSA) is 26.3 Å². The molecule has 0 N–H and O–H groups in total. The highest BCUT2D eigenvalue weighted by atomic mass is 79.9. The summed E-state index contributed by atoms with van der Waals surface area (Å²) in [6.07, 6.45) is 0.308. The van der Waals surface area contributed by atoms with Gasteiger partial charge in [0.25, 0.3) is 0 Å². The molecule has 0 spiro atoms. The van der Waals surface area contributed by atoms with Crippen LogP contribution in [0.3, 0.4) is 0 Å². The fourth-order valence-corrected chi connectivity index (χ4v) is 2.93. The van der Waals surface area contributed by atoms with Crippen molar-refractivity contribution in [2.75, 3.05) is 6.61 Å². The van der Waals surface area contributed by atoms with Crippen LogP contribution in [0.15, 0.2) is 59.1 Å². The van der Waals surface area contributed by atoms with E-state index in [2.05, 4.69) is 15.9 Å². The number of Topliss-reactive ketones (excluding diaryl/α,β-unsaturated/α-hetero) is 1. The molecule has 2 aromatic rings. The van der Waals surface area contributed by atoms with E-state index in [0.717, 1.165) is 15.6 Å². The van der Waals surface area contributed by atoms with Gasteiger partial charge in [-0.15, -0.1) is 0 Å². The quantitative estimate of drug-likeness (QED) is 0.822. The van der Waals surface area contributed by atoms with Crippen LogP contribution in [0.2, 0.25) is 0 Å². The fourth-order valence-electron chi connectivity index (χ4n) is 2.67. The monoisotopic (exact) mass is 330 g/mol. The van der Waals surface area contributed by atoms with Crippen molar-refractivity contribution in [3.05, 3.63) is 70.2 Å². The third kappa shape index (κ3) is 2.69. The van der Waals surface area contributed by atoms with Gasteiger partial charge < -0.3 is 4.74 Å². The van der Waals surface area contributed by atoms with E-state index in [9.17, 15) is 4.79 Å². The summed E-state index contributed by atoms with van der Waals surface area (Å²) in [6, 6.07) is 17.9. The van der Waals surface area contributed by atoms with Gasteiger partial charge in [-0.1, -0.05) is 58.4 Å². The molecule has 3 heteroatoms. The minimum Gasteiger partial charge on any atom is -0.372 e. The Balaban J connectivity index is 1.99. The van der Waals surface area contributed by atoms with Gasteiger partial charge in [0, 0.05) is 10.9 Å². The number of halogens is 1. The van der Waals surface area contributed by atoms with Crippen molar-refractivity contribution in [3.63, 3.8) is 0 Å². The lowest BCUT2D eigenvalue weighted by Crippen LogP contribution is -2.29. The molecule has 2 aromatic carbocycles. The lowest BCUT2D eigenvalue weighted by molar-refractivity contribution is -0.132. The molecule has 1 aliphatic heterocycles. The van der Waals surface area contributed by atoms with E-state index in [1.54, 1.807) is 0 Å². The summed E-state index contributed by atoms with van der Waals surface area (Å²) in [7, 11) is 0. The number of carbonyl (C=O) groups is 1. The van der Waals surface area contributed by atoms with Gasteiger partial charge in [-0.2, -0.15) is 0 Å². The van der Waals surface area contributed by atoms with Crippen LogP contribution in [-0.4, -0.2) is 12.4 Å². The van der Waals surface area contributed by atoms with Crippen molar-refractivity contribution in [2.24, 2.45) is 0 Å². The van der Waals surface area contributed by atoms with Crippen LogP contribution in [0.5, 0.6) is 0 Å². The molecule has 3 rings (SSSR count). The first-order valence-electron chi connectivity index (χ1n) is 6.70. The number of hydrogen-bond acceptors (Lipinski definition) is 2. The molecule has 0 amide bonds. The van der Waals surface area contributed by atoms with E-state index in [1.165, 1.54) is 0 Å². The van der Waals surface area contributed by atoms with Crippen molar-refractivity contribution in [1.29, 1.82) is 0 Å². The second-order valence-corrected chi connectivity index (χ2v) is 5.86. The average molecular weight is 331 g/mol. The Morgan fingerprint density at radius 2 is 1.65 bits per heavy atom. The number of hydrogen-bond donors (Lipinski definition) is 0. The summed E-state index contributed by atoms with van der Waals surface area (Å²) >= 11 is 3.43. The summed E-state index contributed by atoms with van der Waals surface area (Å²) in [5.74, 6) is 0.0478. The van der Waals surface area contributed by atoms with Gasteiger partial charge in [-0.25, -0.2) is 0 Å². The van der Waals surface area contributed by atoms with Gasteiger partial charge in [0.05, 0.1) is 18.6 Å². The van der Waals surface area contributed by atoms with Gasteiger partial charge >= 0.3 is 0 Å². The number of rotatable bonds is 2. The Hall–Kier alpha value is -1.45. The third-order valence-electron chi connectivity index (χ3n) is 3.65. The molecular weight excluding hydrogens is 316 g/mol. The molecule has 102 valence electrons. The van der Waals surface area contributed by atoms with E-state index in [-0.39, 0.29) is 17.8 Å². The smallest absolute Gasteiger partial charge is 0.145 e.